The molecular weight excluding hydrogens is 265 g/mol. The van der Waals surface area contributed by atoms with Crippen molar-refractivity contribution in [2.45, 2.75) is 12.3 Å². The van der Waals surface area contributed by atoms with Gasteiger partial charge in [-0.3, -0.25) is 4.79 Å². The van der Waals surface area contributed by atoms with Crippen molar-refractivity contribution in [2.24, 2.45) is 0 Å². The highest BCUT2D eigenvalue weighted by molar-refractivity contribution is 6.32. The molecule has 4 heteroatoms. The maximum absolute atomic E-state index is 13.5. The number of alkyl halides is 1. The molecular formula is C15H13ClFNO. The van der Waals surface area contributed by atoms with Gasteiger partial charge in [0.2, 0.25) is 5.91 Å². The Balaban J connectivity index is 2.15. The zero-order valence-electron chi connectivity index (χ0n) is 10.4. The van der Waals surface area contributed by atoms with Crippen molar-refractivity contribution in [1.82, 2.24) is 0 Å². The lowest BCUT2D eigenvalue weighted by Crippen LogP contribution is -2.18. The minimum absolute atomic E-state index is 0.145. The molecule has 0 fully saturated rings. The average molecular weight is 278 g/mol. The molecule has 0 aliphatic carbocycles. The van der Waals surface area contributed by atoms with Gasteiger partial charge in [-0.1, -0.05) is 36.4 Å². The molecule has 98 valence electrons. The zero-order chi connectivity index (χ0) is 13.8. The fourth-order valence-corrected chi connectivity index (χ4v) is 1.90. The number of hydrogen-bond acceptors (Lipinski definition) is 1. The van der Waals surface area contributed by atoms with E-state index in [4.69, 9.17) is 11.6 Å². The Labute approximate surface area is 116 Å². The number of carbonyl (C=O) groups is 1. The van der Waals surface area contributed by atoms with Gasteiger partial charge < -0.3 is 5.32 Å². The van der Waals surface area contributed by atoms with Gasteiger partial charge in [-0.2, -0.15) is 0 Å². The maximum Gasteiger partial charge on any atom is 0.247 e. The molecule has 2 nitrogen and oxygen atoms in total. The summed E-state index contributed by atoms with van der Waals surface area (Å²) in [5, 5.41) is 1.66. The molecule has 0 aromatic heterocycles. The molecule has 0 spiro atoms. The molecule has 19 heavy (non-hydrogen) atoms. The predicted octanol–water partition coefficient (Wildman–Crippen LogP) is 4.05. The predicted molar refractivity (Wildman–Crippen MR) is 74.8 cm³/mol. The molecule has 1 atom stereocenters. The third kappa shape index (κ3) is 3.32. The maximum atomic E-state index is 13.5. The molecule has 0 saturated heterocycles. The Morgan fingerprint density at radius 1 is 1.21 bits per heavy atom. The molecule has 0 aliphatic heterocycles. The summed E-state index contributed by atoms with van der Waals surface area (Å²) in [5.41, 5.74) is 1.68. The summed E-state index contributed by atoms with van der Waals surface area (Å²) in [5.74, 6) is -0.923. The van der Waals surface area contributed by atoms with E-state index in [0.717, 1.165) is 5.56 Å². The molecule has 1 amide bonds. The van der Waals surface area contributed by atoms with Crippen molar-refractivity contribution >= 4 is 23.2 Å². The molecule has 2 aromatic rings. The van der Waals surface area contributed by atoms with Crippen LogP contribution in [0.4, 0.5) is 10.1 Å². The summed E-state index contributed by atoms with van der Waals surface area (Å²) >= 11 is 6.06. The lowest BCUT2D eigenvalue weighted by molar-refractivity contribution is -0.116. The number of rotatable bonds is 3. The van der Waals surface area contributed by atoms with Gasteiger partial charge in [0.05, 0.1) is 5.69 Å². The summed E-state index contributed by atoms with van der Waals surface area (Å²) in [6.45, 7) is 1.82. The van der Waals surface area contributed by atoms with Crippen LogP contribution in [-0.4, -0.2) is 5.91 Å². The van der Waals surface area contributed by atoms with Crippen LogP contribution in [0.3, 0.4) is 0 Å². The summed E-state index contributed by atoms with van der Waals surface area (Å²) in [7, 11) is 0. The molecule has 0 aliphatic rings. The quantitative estimate of drug-likeness (QED) is 0.843. The van der Waals surface area contributed by atoms with Crippen LogP contribution in [0.1, 0.15) is 16.5 Å². The van der Waals surface area contributed by atoms with Gasteiger partial charge in [0.1, 0.15) is 11.2 Å². The first-order valence-electron chi connectivity index (χ1n) is 5.84. The summed E-state index contributed by atoms with van der Waals surface area (Å²) in [6, 6.07) is 13.5. The van der Waals surface area contributed by atoms with Crippen molar-refractivity contribution < 1.29 is 9.18 Å². The number of halogens is 2. The number of aryl methyl sites for hydroxylation is 1. The van der Waals surface area contributed by atoms with Gasteiger partial charge in [-0.25, -0.2) is 4.39 Å². The van der Waals surface area contributed by atoms with E-state index in [1.165, 1.54) is 6.07 Å². The van der Waals surface area contributed by atoms with Crippen molar-refractivity contribution in [2.75, 3.05) is 5.32 Å². The number of nitrogens with one attached hydrogen (secondary N) is 1. The summed E-state index contributed by atoms with van der Waals surface area (Å²) in [6.07, 6.45) is 0. The number of hydrogen-bond donors (Lipinski definition) is 1. The van der Waals surface area contributed by atoms with Crippen LogP contribution in [0.5, 0.6) is 0 Å². The second-order valence-electron chi connectivity index (χ2n) is 4.25. The number of anilines is 1. The normalized spacial score (nSPS) is 11.9. The first kappa shape index (κ1) is 13.6. The molecule has 0 radical (unpaired) electrons. The monoisotopic (exact) mass is 277 g/mol. The van der Waals surface area contributed by atoms with E-state index in [1.54, 1.807) is 36.4 Å². The molecule has 1 N–H and O–H groups in total. The molecule has 0 heterocycles. The Kier molecular flexibility index (Phi) is 4.17. The van der Waals surface area contributed by atoms with Gasteiger partial charge in [-0.05, 0) is 30.2 Å². The SMILES string of the molecule is Cc1ccc(F)c(NC(=O)[C@H](Cl)c2ccccc2)c1. The van der Waals surface area contributed by atoms with Crippen LogP contribution in [0.15, 0.2) is 48.5 Å². The second kappa shape index (κ2) is 5.85. The van der Waals surface area contributed by atoms with Crippen molar-refractivity contribution in [3.8, 4) is 0 Å². The van der Waals surface area contributed by atoms with Crippen LogP contribution < -0.4 is 5.32 Å². The second-order valence-corrected chi connectivity index (χ2v) is 4.68. The van der Waals surface area contributed by atoms with E-state index in [2.05, 4.69) is 5.32 Å². The largest absolute Gasteiger partial charge is 0.322 e. The Morgan fingerprint density at radius 2 is 1.89 bits per heavy atom. The molecule has 0 saturated carbocycles. The van der Waals surface area contributed by atoms with E-state index in [9.17, 15) is 9.18 Å². The first-order valence-corrected chi connectivity index (χ1v) is 6.27. The van der Waals surface area contributed by atoms with Crippen LogP contribution in [0, 0.1) is 12.7 Å². The van der Waals surface area contributed by atoms with Crippen molar-refractivity contribution in [3.63, 3.8) is 0 Å². The highest BCUT2D eigenvalue weighted by atomic mass is 35.5. The standard InChI is InChI=1S/C15H13ClFNO/c1-10-7-8-12(17)13(9-10)18-15(19)14(16)11-5-3-2-4-6-11/h2-9,14H,1H3,(H,18,19)/t14-/m1/s1. The third-order valence-electron chi connectivity index (χ3n) is 2.70. The Morgan fingerprint density at radius 3 is 2.58 bits per heavy atom. The summed E-state index contributed by atoms with van der Waals surface area (Å²) in [4.78, 5) is 12.0. The highest BCUT2D eigenvalue weighted by Crippen LogP contribution is 2.23. The fourth-order valence-electron chi connectivity index (χ4n) is 1.70. The summed E-state index contributed by atoms with van der Waals surface area (Å²) < 4.78 is 13.5. The van der Waals surface area contributed by atoms with E-state index >= 15 is 0 Å². The number of benzene rings is 2. The van der Waals surface area contributed by atoms with E-state index in [-0.39, 0.29) is 5.69 Å². The van der Waals surface area contributed by atoms with Crippen molar-refractivity contribution in [1.29, 1.82) is 0 Å². The number of carbonyl (C=O) groups excluding carboxylic acids is 1. The van der Waals surface area contributed by atoms with Gasteiger partial charge in [-0.15, -0.1) is 11.6 Å². The highest BCUT2D eigenvalue weighted by Gasteiger charge is 2.18. The third-order valence-corrected chi connectivity index (χ3v) is 3.15. The fraction of sp³-hybridized carbons (Fsp3) is 0.133. The van der Waals surface area contributed by atoms with Crippen molar-refractivity contribution in [3.05, 3.63) is 65.5 Å². The Hall–Kier alpha value is -1.87. The molecule has 0 unspecified atom stereocenters. The van der Waals surface area contributed by atoms with Gasteiger partial charge >= 0.3 is 0 Å². The lowest BCUT2D eigenvalue weighted by Gasteiger charge is -2.11. The van der Waals surface area contributed by atoms with Crippen LogP contribution in [-0.2, 0) is 4.79 Å². The van der Waals surface area contributed by atoms with Crippen LogP contribution in [0.2, 0.25) is 0 Å². The molecule has 2 aromatic carbocycles. The topological polar surface area (TPSA) is 29.1 Å². The van der Waals surface area contributed by atoms with Crippen LogP contribution in [0.25, 0.3) is 0 Å². The van der Waals surface area contributed by atoms with Gasteiger partial charge in [0.15, 0.2) is 0 Å². The molecule has 0 bridgehead atoms. The van der Waals surface area contributed by atoms with Gasteiger partial charge in [0.25, 0.3) is 0 Å². The Bertz CT molecular complexity index is 586. The molecule has 2 rings (SSSR count). The smallest absolute Gasteiger partial charge is 0.247 e. The van der Waals surface area contributed by atoms with Gasteiger partial charge in [0, 0.05) is 0 Å². The van der Waals surface area contributed by atoms with E-state index < -0.39 is 17.1 Å². The minimum Gasteiger partial charge on any atom is -0.322 e. The van der Waals surface area contributed by atoms with E-state index in [0.29, 0.717) is 5.56 Å². The minimum atomic E-state index is -0.846. The first-order chi connectivity index (χ1) is 9.08. The lowest BCUT2D eigenvalue weighted by atomic mass is 10.1. The zero-order valence-corrected chi connectivity index (χ0v) is 11.1. The van der Waals surface area contributed by atoms with E-state index in [1.807, 2.05) is 13.0 Å². The average Bonchev–Trinajstić information content (AvgIpc) is 2.43. The van der Waals surface area contributed by atoms with Crippen LogP contribution >= 0.6 is 11.6 Å². The number of amides is 1.